The average molecular weight is 238 g/mol. The Labute approximate surface area is 98.3 Å². The molecular formula is C10H14N4O3. The number of anilines is 1. The van der Waals surface area contributed by atoms with E-state index in [-0.39, 0.29) is 11.7 Å². The van der Waals surface area contributed by atoms with Crippen molar-refractivity contribution in [1.29, 1.82) is 0 Å². The Morgan fingerprint density at radius 3 is 2.82 bits per heavy atom. The Morgan fingerprint density at radius 2 is 2.35 bits per heavy atom. The first-order valence-corrected chi connectivity index (χ1v) is 4.86. The summed E-state index contributed by atoms with van der Waals surface area (Å²) in [5.74, 6) is -0.800. The van der Waals surface area contributed by atoms with Crippen molar-refractivity contribution in [3.05, 3.63) is 18.3 Å². The van der Waals surface area contributed by atoms with Crippen LogP contribution in [0.4, 0.5) is 5.69 Å². The van der Waals surface area contributed by atoms with Gasteiger partial charge < -0.3 is 21.0 Å². The van der Waals surface area contributed by atoms with Crippen molar-refractivity contribution in [3.8, 4) is 5.88 Å². The minimum absolute atomic E-state index is 0.149. The zero-order chi connectivity index (χ0) is 12.8. The highest BCUT2D eigenvalue weighted by Gasteiger charge is 2.17. The van der Waals surface area contributed by atoms with Gasteiger partial charge in [0.25, 0.3) is 0 Å². The molecule has 4 N–H and O–H groups in total. The van der Waals surface area contributed by atoms with E-state index in [1.807, 2.05) is 0 Å². The molecule has 0 aromatic carbocycles. The van der Waals surface area contributed by atoms with Crippen molar-refractivity contribution in [2.45, 2.75) is 6.92 Å². The molecule has 0 bridgehead atoms. The third-order valence-corrected chi connectivity index (χ3v) is 2.17. The number of nitrogens with one attached hydrogen (secondary N) is 1. The SMILES string of the molecule is COc1ccc(NC(=O)C(C)C(N)=NO)cn1. The number of hydrogen-bond donors (Lipinski definition) is 3. The number of amides is 1. The summed E-state index contributed by atoms with van der Waals surface area (Å²) in [6.07, 6.45) is 1.45. The first kappa shape index (κ1) is 12.8. The number of methoxy groups -OCH3 is 1. The summed E-state index contributed by atoms with van der Waals surface area (Å²) in [5.41, 5.74) is 5.83. The number of ether oxygens (including phenoxy) is 1. The second kappa shape index (κ2) is 5.69. The summed E-state index contributed by atoms with van der Waals surface area (Å²) in [5, 5.41) is 13.8. The van der Waals surface area contributed by atoms with Crippen LogP contribution in [-0.4, -0.2) is 29.0 Å². The largest absolute Gasteiger partial charge is 0.481 e. The number of pyridine rings is 1. The molecule has 1 rings (SSSR count). The second-order valence-corrected chi connectivity index (χ2v) is 3.33. The zero-order valence-corrected chi connectivity index (χ0v) is 9.54. The van der Waals surface area contributed by atoms with E-state index in [9.17, 15) is 4.79 Å². The lowest BCUT2D eigenvalue weighted by Crippen LogP contribution is -2.32. The number of amidine groups is 1. The highest BCUT2D eigenvalue weighted by atomic mass is 16.5. The molecule has 0 fully saturated rings. The normalized spacial score (nSPS) is 12.9. The molecule has 1 aromatic heterocycles. The molecule has 1 unspecified atom stereocenters. The smallest absolute Gasteiger partial charge is 0.234 e. The molecule has 7 heteroatoms. The van der Waals surface area contributed by atoms with Crippen LogP contribution in [0.2, 0.25) is 0 Å². The number of carbonyl (C=O) groups excluding carboxylic acids is 1. The molecule has 0 spiro atoms. The van der Waals surface area contributed by atoms with Crippen molar-refractivity contribution >= 4 is 17.4 Å². The molecule has 0 aliphatic rings. The summed E-state index contributed by atoms with van der Waals surface area (Å²) >= 11 is 0. The zero-order valence-electron chi connectivity index (χ0n) is 9.54. The summed E-state index contributed by atoms with van der Waals surface area (Å²) in [7, 11) is 1.50. The van der Waals surface area contributed by atoms with Crippen LogP contribution in [-0.2, 0) is 4.79 Å². The number of nitrogens with zero attached hydrogens (tertiary/aromatic N) is 2. The van der Waals surface area contributed by atoms with Gasteiger partial charge >= 0.3 is 0 Å². The first-order chi connectivity index (χ1) is 8.08. The minimum atomic E-state index is -0.720. The Bertz CT molecular complexity index is 416. The van der Waals surface area contributed by atoms with Crippen LogP contribution in [0.1, 0.15) is 6.92 Å². The molecule has 7 nitrogen and oxygen atoms in total. The van der Waals surface area contributed by atoms with Gasteiger partial charge in [0, 0.05) is 6.07 Å². The van der Waals surface area contributed by atoms with Gasteiger partial charge in [-0.15, -0.1) is 0 Å². The van der Waals surface area contributed by atoms with Gasteiger partial charge in [0.2, 0.25) is 11.8 Å². The van der Waals surface area contributed by atoms with E-state index in [2.05, 4.69) is 15.5 Å². The van der Waals surface area contributed by atoms with Crippen molar-refractivity contribution in [2.75, 3.05) is 12.4 Å². The van der Waals surface area contributed by atoms with E-state index in [0.29, 0.717) is 11.6 Å². The van der Waals surface area contributed by atoms with Gasteiger partial charge in [-0.3, -0.25) is 4.79 Å². The summed E-state index contributed by atoms with van der Waals surface area (Å²) in [6.45, 7) is 1.53. The fourth-order valence-corrected chi connectivity index (χ4v) is 1.05. The Kier molecular flexibility index (Phi) is 4.27. The molecule has 1 heterocycles. The third-order valence-electron chi connectivity index (χ3n) is 2.17. The molecular weight excluding hydrogens is 224 g/mol. The van der Waals surface area contributed by atoms with Crippen LogP contribution in [0.15, 0.2) is 23.5 Å². The lowest BCUT2D eigenvalue weighted by Gasteiger charge is -2.10. The Hall–Kier alpha value is -2.31. The minimum Gasteiger partial charge on any atom is -0.481 e. The topological polar surface area (TPSA) is 110 Å². The highest BCUT2D eigenvalue weighted by Crippen LogP contribution is 2.12. The van der Waals surface area contributed by atoms with E-state index < -0.39 is 5.92 Å². The lowest BCUT2D eigenvalue weighted by molar-refractivity contribution is -0.117. The molecule has 0 aliphatic heterocycles. The quantitative estimate of drug-likeness (QED) is 0.304. The van der Waals surface area contributed by atoms with Crippen LogP contribution in [0.5, 0.6) is 5.88 Å². The van der Waals surface area contributed by atoms with Gasteiger partial charge in [0.05, 0.1) is 24.9 Å². The number of aromatic nitrogens is 1. The van der Waals surface area contributed by atoms with Gasteiger partial charge in [-0.05, 0) is 13.0 Å². The van der Waals surface area contributed by atoms with Crippen LogP contribution < -0.4 is 15.8 Å². The maximum absolute atomic E-state index is 11.6. The van der Waals surface area contributed by atoms with Crippen LogP contribution >= 0.6 is 0 Å². The van der Waals surface area contributed by atoms with Crippen LogP contribution in [0, 0.1) is 5.92 Å². The average Bonchev–Trinajstić information content (AvgIpc) is 2.37. The Morgan fingerprint density at radius 1 is 1.65 bits per heavy atom. The molecule has 0 radical (unpaired) electrons. The molecule has 1 amide bonds. The second-order valence-electron chi connectivity index (χ2n) is 3.33. The van der Waals surface area contributed by atoms with E-state index in [0.717, 1.165) is 0 Å². The number of oxime groups is 1. The predicted molar refractivity (Wildman–Crippen MR) is 62.0 cm³/mol. The molecule has 0 saturated heterocycles. The lowest BCUT2D eigenvalue weighted by atomic mass is 10.1. The van der Waals surface area contributed by atoms with Gasteiger partial charge in [0.15, 0.2) is 5.84 Å². The third kappa shape index (κ3) is 3.33. The van der Waals surface area contributed by atoms with E-state index in [1.54, 1.807) is 12.1 Å². The number of rotatable bonds is 4. The number of carbonyl (C=O) groups is 1. The highest BCUT2D eigenvalue weighted by molar-refractivity contribution is 6.07. The van der Waals surface area contributed by atoms with Crippen LogP contribution in [0.3, 0.4) is 0 Å². The molecule has 0 aliphatic carbocycles. The monoisotopic (exact) mass is 238 g/mol. The summed E-state index contributed by atoms with van der Waals surface area (Å²) < 4.78 is 4.88. The maximum atomic E-state index is 11.6. The molecule has 1 atom stereocenters. The predicted octanol–water partition coefficient (Wildman–Crippen LogP) is 0.411. The van der Waals surface area contributed by atoms with Gasteiger partial charge in [0.1, 0.15) is 0 Å². The van der Waals surface area contributed by atoms with E-state index in [1.165, 1.54) is 20.2 Å². The van der Waals surface area contributed by atoms with Crippen LogP contribution in [0.25, 0.3) is 0 Å². The van der Waals surface area contributed by atoms with Crippen molar-refractivity contribution in [3.63, 3.8) is 0 Å². The van der Waals surface area contributed by atoms with Gasteiger partial charge in [-0.2, -0.15) is 0 Å². The molecule has 92 valence electrons. The van der Waals surface area contributed by atoms with Crippen molar-refractivity contribution in [1.82, 2.24) is 4.98 Å². The standard InChI is InChI=1S/C10H14N4O3/c1-6(9(11)14-16)10(15)13-7-3-4-8(17-2)12-5-7/h3-6,16H,1-2H3,(H2,11,14)(H,13,15). The van der Waals surface area contributed by atoms with Gasteiger partial charge in [-0.25, -0.2) is 4.98 Å². The van der Waals surface area contributed by atoms with Crippen molar-refractivity contribution in [2.24, 2.45) is 16.8 Å². The van der Waals surface area contributed by atoms with Gasteiger partial charge in [-0.1, -0.05) is 5.16 Å². The fourth-order valence-electron chi connectivity index (χ4n) is 1.05. The van der Waals surface area contributed by atoms with E-state index in [4.69, 9.17) is 15.7 Å². The summed E-state index contributed by atoms with van der Waals surface area (Å²) in [6, 6.07) is 3.26. The number of nitrogens with two attached hydrogens (primary N) is 1. The molecule has 17 heavy (non-hydrogen) atoms. The Balaban J connectivity index is 2.67. The molecule has 0 saturated carbocycles. The molecule has 1 aromatic rings. The summed E-state index contributed by atoms with van der Waals surface area (Å²) in [4.78, 5) is 15.6. The number of hydrogen-bond acceptors (Lipinski definition) is 5. The first-order valence-electron chi connectivity index (χ1n) is 4.86. The van der Waals surface area contributed by atoms with E-state index >= 15 is 0 Å². The maximum Gasteiger partial charge on any atom is 0.234 e. The fraction of sp³-hybridized carbons (Fsp3) is 0.300. The van der Waals surface area contributed by atoms with Crippen molar-refractivity contribution < 1.29 is 14.7 Å².